The predicted molar refractivity (Wildman–Crippen MR) is 76.1 cm³/mol. The monoisotopic (exact) mass is 275 g/mol. The van der Waals surface area contributed by atoms with Crippen molar-refractivity contribution in [3.63, 3.8) is 0 Å². The number of amides is 1. The minimum atomic E-state index is 0. The fourth-order valence-corrected chi connectivity index (χ4v) is 3.01. The van der Waals surface area contributed by atoms with Crippen molar-refractivity contribution in [1.82, 2.24) is 15.1 Å². The number of piperazine rings is 1. The highest BCUT2D eigenvalue weighted by Crippen LogP contribution is 2.22. The Labute approximate surface area is 116 Å². The van der Waals surface area contributed by atoms with Crippen LogP contribution >= 0.6 is 12.4 Å². The first-order chi connectivity index (χ1) is 8.16. The molecule has 0 spiro atoms. The normalized spacial score (nSPS) is 29.1. The van der Waals surface area contributed by atoms with Crippen molar-refractivity contribution in [1.29, 1.82) is 0 Å². The lowest BCUT2D eigenvalue weighted by atomic mass is 10.1. The van der Waals surface area contributed by atoms with E-state index >= 15 is 0 Å². The Balaban J connectivity index is 0.00000162. The zero-order valence-corrected chi connectivity index (χ0v) is 12.3. The molecule has 1 N–H and O–H groups in total. The Hall–Kier alpha value is -0.320. The first-order valence-electron chi connectivity index (χ1n) is 6.89. The second kappa shape index (κ2) is 7.31. The molecular formula is C13H26ClN3O. The van der Waals surface area contributed by atoms with Crippen LogP contribution in [0.15, 0.2) is 0 Å². The summed E-state index contributed by atoms with van der Waals surface area (Å²) in [7, 11) is 0. The van der Waals surface area contributed by atoms with Gasteiger partial charge in [0.15, 0.2) is 0 Å². The van der Waals surface area contributed by atoms with Gasteiger partial charge < -0.3 is 10.2 Å². The van der Waals surface area contributed by atoms with Crippen LogP contribution in [0, 0.1) is 5.92 Å². The summed E-state index contributed by atoms with van der Waals surface area (Å²) in [6.45, 7) is 10.3. The molecule has 0 aromatic heterocycles. The number of hydrogen-bond acceptors (Lipinski definition) is 3. The molecule has 2 unspecified atom stereocenters. The summed E-state index contributed by atoms with van der Waals surface area (Å²) in [6.07, 6.45) is 1.97. The van der Waals surface area contributed by atoms with Crippen LogP contribution < -0.4 is 5.32 Å². The van der Waals surface area contributed by atoms with Gasteiger partial charge in [0.25, 0.3) is 0 Å². The third-order valence-electron chi connectivity index (χ3n) is 4.00. The van der Waals surface area contributed by atoms with Crippen molar-refractivity contribution in [2.75, 3.05) is 39.3 Å². The van der Waals surface area contributed by atoms with Crippen LogP contribution in [0.1, 0.15) is 26.7 Å². The zero-order chi connectivity index (χ0) is 12.3. The molecule has 2 saturated heterocycles. The minimum Gasteiger partial charge on any atom is -0.340 e. The van der Waals surface area contributed by atoms with Gasteiger partial charge in [-0.15, -0.1) is 12.4 Å². The van der Waals surface area contributed by atoms with E-state index in [-0.39, 0.29) is 12.4 Å². The molecule has 0 aromatic carbocycles. The highest BCUT2D eigenvalue weighted by Gasteiger charge is 2.26. The molecule has 2 fully saturated rings. The molecule has 5 heteroatoms. The first-order valence-corrected chi connectivity index (χ1v) is 6.89. The molecule has 2 heterocycles. The highest BCUT2D eigenvalue weighted by atomic mass is 35.5. The van der Waals surface area contributed by atoms with E-state index in [1.165, 1.54) is 6.42 Å². The van der Waals surface area contributed by atoms with Gasteiger partial charge in [0, 0.05) is 51.7 Å². The van der Waals surface area contributed by atoms with E-state index in [0.717, 1.165) is 45.2 Å². The molecular weight excluding hydrogens is 250 g/mol. The fourth-order valence-electron chi connectivity index (χ4n) is 3.01. The van der Waals surface area contributed by atoms with Crippen LogP contribution in [0.3, 0.4) is 0 Å². The number of carbonyl (C=O) groups is 1. The van der Waals surface area contributed by atoms with E-state index in [1.54, 1.807) is 0 Å². The highest BCUT2D eigenvalue weighted by molar-refractivity contribution is 5.85. The summed E-state index contributed by atoms with van der Waals surface area (Å²) in [4.78, 5) is 16.5. The summed E-state index contributed by atoms with van der Waals surface area (Å²) < 4.78 is 0. The van der Waals surface area contributed by atoms with Gasteiger partial charge in [0.05, 0.1) is 0 Å². The van der Waals surface area contributed by atoms with E-state index in [1.807, 2.05) is 4.90 Å². The Kier molecular flexibility index (Phi) is 6.39. The van der Waals surface area contributed by atoms with Gasteiger partial charge >= 0.3 is 0 Å². The van der Waals surface area contributed by atoms with Crippen molar-refractivity contribution < 1.29 is 4.79 Å². The van der Waals surface area contributed by atoms with Crippen LogP contribution in [-0.2, 0) is 4.79 Å². The number of rotatable bonds is 3. The van der Waals surface area contributed by atoms with Crippen LogP contribution in [0.2, 0.25) is 0 Å². The van der Waals surface area contributed by atoms with E-state index < -0.39 is 0 Å². The summed E-state index contributed by atoms with van der Waals surface area (Å²) >= 11 is 0. The molecule has 106 valence electrons. The van der Waals surface area contributed by atoms with Crippen LogP contribution in [-0.4, -0.2) is 61.0 Å². The molecule has 2 aliphatic rings. The van der Waals surface area contributed by atoms with Crippen molar-refractivity contribution in [2.45, 2.75) is 32.7 Å². The maximum atomic E-state index is 12.0. The molecule has 0 radical (unpaired) electrons. The van der Waals surface area contributed by atoms with Crippen molar-refractivity contribution in [3.8, 4) is 0 Å². The lowest BCUT2D eigenvalue weighted by molar-refractivity contribution is -0.132. The number of carbonyl (C=O) groups excluding carboxylic acids is 1. The van der Waals surface area contributed by atoms with E-state index in [9.17, 15) is 4.79 Å². The summed E-state index contributed by atoms with van der Waals surface area (Å²) in [6, 6.07) is 0.654. The SMILES string of the molecule is CC1CC(C)N(CCC(=O)N2CCNCC2)C1.Cl. The maximum Gasteiger partial charge on any atom is 0.223 e. The van der Waals surface area contributed by atoms with E-state index in [0.29, 0.717) is 18.4 Å². The topological polar surface area (TPSA) is 35.6 Å². The second-order valence-electron chi connectivity index (χ2n) is 5.57. The molecule has 2 rings (SSSR count). The Morgan fingerprint density at radius 2 is 1.94 bits per heavy atom. The van der Waals surface area contributed by atoms with Gasteiger partial charge in [0.2, 0.25) is 5.91 Å². The third-order valence-corrected chi connectivity index (χ3v) is 4.00. The largest absolute Gasteiger partial charge is 0.340 e. The molecule has 4 nitrogen and oxygen atoms in total. The maximum absolute atomic E-state index is 12.0. The van der Waals surface area contributed by atoms with Crippen LogP contribution in [0.5, 0.6) is 0 Å². The number of halogens is 1. The van der Waals surface area contributed by atoms with E-state index in [4.69, 9.17) is 0 Å². The third kappa shape index (κ3) is 4.11. The first kappa shape index (κ1) is 15.7. The lowest BCUT2D eigenvalue weighted by Crippen LogP contribution is -2.47. The number of hydrogen-bond donors (Lipinski definition) is 1. The van der Waals surface area contributed by atoms with Gasteiger partial charge in [-0.2, -0.15) is 0 Å². The molecule has 2 aliphatic heterocycles. The second-order valence-corrected chi connectivity index (χ2v) is 5.57. The zero-order valence-electron chi connectivity index (χ0n) is 11.5. The van der Waals surface area contributed by atoms with Gasteiger partial charge in [-0.3, -0.25) is 9.69 Å². The Bertz CT molecular complexity index is 269. The van der Waals surface area contributed by atoms with Gasteiger partial charge in [-0.1, -0.05) is 6.92 Å². The average molecular weight is 276 g/mol. The molecule has 0 aliphatic carbocycles. The predicted octanol–water partition coefficient (Wildman–Crippen LogP) is 0.960. The number of nitrogens with one attached hydrogen (secondary N) is 1. The minimum absolute atomic E-state index is 0. The molecule has 0 aromatic rings. The van der Waals surface area contributed by atoms with Crippen LogP contribution in [0.25, 0.3) is 0 Å². The van der Waals surface area contributed by atoms with Gasteiger partial charge in [0.1, 0.15) is 0 Å². The van der Waals surface area contributed by atoms with Crippen LogP contribution in [0.4, 0.5) is 0 Å². The van der Waals surface area contributed by atoms with Gasteiger partial charge in [-0.05, 0) is 19.3 Å². The lowest BCUT2D eigenvalue weighted by Gasteiger charge is -2.28. The quantitative estimate of drug-likeness (QED) is 0.833. The number of nitrogens with zero attached hydrogens (tertiary/aromatic N) is 2. The molecule has 2 atom stereocenters. The molecule has 0 bridgehead atoms. The summed E-state index contributed by atoms with van der Waals surface area (Å²) in [5.74, 6) is 1.12. The molecule has 0 saturated carbocycles. The average Bonchev–Trinajstić information content (AvgIpc) is 2.66. The molecule has 18 heavy (non-hydrogen) atoms. The summed E-state index contributed by atoms with van der Waals surface area (Å²) in [5, 5.41) is 3.28. The number of likely N-dealkylation sites (tertiary alicyclic amines) is 1. The van der Waals surface area contributed by atoms with E-state index in [2.05, 4.69) is 24.1 Å². The van der Waals surface area contributed by atoms with Gasteiger partial charge in [-0.25, -0.2) is 0 Å². The molecule has 1 amide bonds. The fraction of sp³-hybridized carbons (Fsp3) is 0.923. The standard InChI is InChI=1S/C13H25N3O.ClH/c1-11-9-12(2)16(10-11)6-3-13(17)15-7-4-14-5-8-15;/h11-12,14H,3-10H2,1-2H3;1H. The summed E-state index contributed by atoms with van der Waals surface area (Å²) in [5.41, 5.74) is 0. The van der Waals surface area contributed by atoms with Crippen molar-refractivity contribution in [2.24, 2.45) is 5.92 Å². The smallest absolute Gasteiger partial charge is 0.223 e. The Morgan fingerprint density at radius 1 is 1.28 bits per heavy atom. The Morgan fingerprint density at radius 3 is 2.50 bits per heavy atom. The van der Waals surface area contributed by atoms with Crippen molar-refractivity contribution in [3.05, 3.63) is 0 Å². The van der Waals surface area contributed by atoms with Crippen molar-refractivity contribution >= 4 is 18.3 Å².